The van der Waals surface area contributed by atoms with Gasteiger partial charge < -0.3 is 5.32 Å². The zero-order chi connectivity index (χ0) is 11.5. The molecule has 0 aliphatic rings. The molecule has 0 radical (unpaired) electrons. The van der Waals surface area contributed by atoms with Gasteiger partial charge in [0.1, 0.15) is 6.67 Å². The fraction of sp³-hybridized carbons (Fsp3) is 0.308. The van der Waals surface area contributed by atoms with Crippen LogP contribution in [0.5, 0.6) is 0 Å². The lowest BCUT2D eigenvalue weighted by molar-refractivity contribution is 0.643. The molecular weight excluding hydrogens is 198 g/mol. The number of hydrogen-bond donors (Lipinski definition) is 1. The largest absolute Gasteiger partial charge is 0.366 e. The molecule has 1 aromatic heterocycles. The first-order chi connectivity index (χ1) is 7.66. The molecular formula is C13H17N3. The molecule has 84 valence electrons. The number of aromatic nitrogens is 2. The Balaban J connectivity index is 2.08. The first-order valence-electron chi connectivity index (χ1n) is 5.47. The van der Waals surface area contributed by atoms with Crippen LogP contribution in [-0.4, -0.2) is 9.78 Å². The SMILES string of the molecule is Cc1cc(C)n(CNc2ccccc2C)n1. The Morgan fingerprint density at radius 2 is 1.94 bits per heavy atom. The van der Waals surface area contributed by atoms with Crippen molar-refractivity contribution in [3.05, 3.63) is 47.3 Å². The highest BCUT2D eigenvalue weighted by molar-refractivity contribution is 5.49. The molecule has 0 aliphatic heterocycles. The van der Waals surface area contributed by atoms with E-state index in [0.29, 0.717) is 6.67 Å². The maximum atomic E-state index is 4.41. The van der Waals surface area contributed by atoms with Crippen LogP contribution in [0.4, 0.5) is 5.69 Å². The zero-order valence-corrected chi connectivity index (χ0v) is 9.99. The van der Waals surface area contributed by atoms with Gasteiger partial charge >= 0.3 is 0 Å². The maximum Gasteiger partial charge on any atom is 0.109 e. The number of para-hydroxylation sites is 1. The highest BCUT2D eigenvalue weighted by Crippen LogP contribution is 2.13. The summed E-state index contributed by atoms with van der Waals surface area (Å²) in [5.41, 5.74) is 4.65. The first kappa shape index (κ1) is 10.7. The summed E-state index contributed by atoms with van der Waals surface area (Å²) < 4.78 is 1.97. The van der Waals surface area contributed by atoms with Crippen molar-refractivity contribution in [3.8, 4) is 0 Å². The topological polar surface area (TPSA) is 29.9 Å². The first-order valence-corrected chi connectivity index (χ1v) is 5.47. The highest BCUT2D eigenvalue weighted by atomic mass is 15.3. The molecule has 0 bridgehead atoms. The normalized spacial score (nSPS) is 10.4. The van der Waals surface area contributed by atoms with Crippen LogP contribution in [0, 0.1) is 20.8 Å². The molecule has 2 aromatic rings. The summed E-state index contributed by atoms with van der Waals surface area (Å²) in [6.07, 6.45) is 0. The van der Waals surface area contributed by atoms with E-state index < -0.39 is 0 Å². The predicted octanol–water partition coefficient (Wildman–Crippen LogP) is 2.88. The van der Waals surface area contributed by atoms with Gasteiger partial charge in [-0.1, -0.05) is 18.2 Å². The average molecular weight is 215 g/mol. The van der Waals surface area contributed by atoms with Crippen molar-refractivity contribution in [2.75, 3.05) is 5.32 Å². The summed E-state index contributed by atoms with van der Waals surface area (Å²) in [6.45, 7) is 6.89. The predicted molar refractivity (Wildman–Crippen MR) is 66.5 cm³/mol. The second kappa shape index (κ2) is 4.39. The van der Waals surface area contributed by atoms with Gasteiger partial charge in [0, 0.05) is 11.4 Å². The second-order valence-corrected chi connectivity index (χ2v) is 4.08. The Morgan fingerprint density at radius 1 is 1.19 bits per heavy atom. The van der Waals surface area contributed by atoms with Gasteiger partial charge in [0.25, 0.3) is 0 Å². The minimum atomic E-state index is 0.713. The lowest BCUT2D eigenvalue weighted by Gasteiger charge is -2.10. The van der Waals surface area contributed by atoms with E-state index in [4.69, 9.17) is 0 Å². The Hall–Kier alpha value is -1.77. The molecule has 1 heterocycles. The fourth-order valence-corrected chi connectivity index (χ4v) is 1.77. The van der Waals surface area contributed by atoms with E-state index in [1.165, 1.54) is 11.3 Å². The van der Waals surface area contributed by atoms with Crippen molar-refractivity contribution in [3.63, 3.8) is 0 Å². The molecule has 0 aliphatic carbocycles. The molecule has 0 fully saturated rings. The monoisotopic (exact) mass is 215 g/mol. The number of nitrogens with one attached hydrogen (secondary N) is 1. The van der Waals surface area contributed by atoms with Crippen LogP contribution >= 0.6 is 0 Å². The minimum absolute atomic E-state index is 0.713. The minimum Gasteiger partial charge on any atom is -0.366 e. The van der Waals surface area contributed by atoms with Gasteiger partial charge in [-0.25, -0.2) is 0 Å². The van der Waals surface area contributed by atoms with Gasteiger partial charge in [0.05, 0.1) is 5.69 Å². The van der Waals surface area contributed by atoms with Gasteiger partial charge in [-0.3, -0.25) is 4.68 Å². The summed E-state index contributed by atoms with van der Waals surface area (Å²) in [5, 5.41) is 7.79. The van der Waals surface area contributed by atoms with Crippen molar-refractivity contribution in [1.82, 2.24) is 9.78 Å². The Bertz CT molecular complexity index is 486. The third-order valence-corrected chi connectivity index (χ3v) is 2.67. The molecule has 0 amide bonds. The lowest BCUT2D eigenvalue weighted by Crippen LogP contribution is -2.11. The molecule has 0 saturated heterocycles. The zero-order valence-electron chi connectivity index (χ0n) is 9.99. The van der Waals surface area contributed by atoms with E-state index in [1.54, 1.807) is 0 Å². The van der Waals surface area contributed by atoms with Gasteiger partial charge in [-0.2, -0.15) is 5.10 Å². The molecule has 0 saturated carbocycles. The van der Waals surface area contributed by atoms with Crippen molar-refractivity contribution in [2.45, 2.75) is 27.4 Å². The van der Waals surface area contributed by atoms with E-state index >= 15 is 0 Å². The summed E-state index contributed by atoms with van der Waals surface area (Å²) in [6, 6.07) is 10.4. The third kappa shape index (κ3) is 2.24. The Labute approximate surface area is 96.1 Å². The van der Waals surface area contributed by atoms with Crippen LogP contribution < -0.4 is 5.32 Å². The van der Waals surface area contributed by atoms with Crippen LogP contribution in [0.15, 0.2) is 30.3 Å². The Kier molecular flexibility index (Phi) is 2.95. The number of anilines is 1. The number of aryl methyl sites for hydroxylation is 3. The number of rotatable bonds is 3. The van der Waals surface area contributed by atoms with Crippen molar-refractivity contribution in [2.24, 2.45) is 0 Å². The number of nitrogens with zero attached hydrogens (tertiary/aromatic N) is 2. The quantitative estimate of drug-likeness (QED) is 0.853. The van der Waals surface area contributed by atoms with Crippen LogP contribution in [0.1, 0.15) is 17.0 Å². The standard InChI is InChI=1S/C13H17N3/c1-10-6-4-5-7-13(10)14-9-16-12(3)8-11(2)15-16/h4-8,14H,9H2,1-3H3. The van der Waals surface area contributed by atoms with Gasteiger partial charge in [-0.05, 0) is 38.5 Å². The van der Waals surface area contributed by atoms with Crippen LogP contribution in [0.2, 0.25) is 0 Å². The molecule has 3 nitrogen and oxygen atoms in total. The Morgan fingerprint density at radius 3 is 2.56 bits per heavy atom. The molecule has 2 rings (SSSR count). The van der Waals surface area contributed by atoms with Crippen molar-refractivity contribution >= 4 is 5.69 Å². The molecule has 0 unspecified atom stereocenters. The highest BCUT2D eigenvalue weighted by Gasteiger charge is 2.00. The molecule has 1 N–H and O–H groups in total. The van der Waals surface area contributed by atoms with E-state index in [2.05, 4.69) is 42.5 Å². The molecule has 0 spiro atoms. The summed E-state index contributed by atoms with van der Waals surface area (Å²) in [5.74, 6) is 0. The molecule has 0 atom stereocenters. The molecule has 3 heteroatoms. The van der Waals surface area contributed by atoms with Crippen molar-refractivity contribution in [1.29, 1.82) is 0 Å². The molecule has 1 aromatic carbocycles. The second-order valence-electron chi connectivity index (χ2n) is 4.08. The van der Waals surface area contributed by atoms with E-state index in [-0.39, 0.29) is 0 Å². The van der Waals surface area contributed by atoms with Crippen LogP contribution in [0.3, 0.4) is 0 Å². The van der Waals surface area contributed by atoms with E-state index in [0.717, 1.165) is 11.4 Å². The van der Waals surface area contributed by atoms with Crippen molar-refractivity contribution < 1.29 is 0 Å². The van der Waals surface area contributed by atoms with Gasteiger partial charge in [0.2, 0.25) is 0 Å². The average Bonchev–Trinajstić information content (AvgIpc) is 2.56. The van der Waals surface area contributed by atoms with Crippen LogP contribution in [-0.2, 0) is 6.67 Å². The number of benzene rings is 1. The summed E-state index contributed by atoms with van der Waals surface area (Å²) in [7, 11) is 0. The molecule has 16 heavy (non-hydrogen) atoms. The van der Waals surface area contributed by atoms with E-state index in [9.17, 15) is 0 Å². The smallest absolute Gasteiger partial charge is 0.109 e. The summed E-state index contributed by atoms with van der Waals surface area (Å²) >= 11 is 0. The number of hydrogen-bond acceptors (Lipinski definition) is 2. The maximum absolute atomic E-state index is 4.41. The van der Waals surface area contributed by atoms with Gasteiger partial charge in [-0.15, -0.1) is 0 Å². The van der Waals surface area contributed by atoms with Gasteiger partial charge in [0.15, 0.2) is 0 Å². The third-order valence-electron chi connectivity index (χ3n) is 2.67. The fourth-order valence-electron chi connectivity index (χ4n) is 1.77. The summed E-state index contributed by atoms with van der Waals surface area (Å²) in [4.78, 5) is 0. The van der Waals surface area contributed by atoms with Crippen LogP contribution in [0.25, 0.3) is 0 Å². The van der Waals surface area contributed by atoms with E-state index in [1.807, 2.05) is 23.7 Å². The lowest BCUT2D eigenvalue weighted by atomic mass is 10.2.